The van der Waals surface area contributed by atoms with Crippen molar-refractivity contribution in [3.63, 3.8) is 0 Å². The van der Waals surface area contributed by atoms with Crippen LogP contribution in [0.3, 0.4) is 0 Å². The molecule has 0 saturated carbocycles. The zero-order valence-electron chi connectivity index (χ0n) is 7.47. The zero-order chi connectivity index (χ0) is 10.7. The van der Waals surface area contributed by atoms with Gasteiger partial charge in [-0.3, -0.25) is 4.79 Å². The number of benzene rings is 1. The minimum Gasteiger partial charge on any atom is -0.293 e. The molecule has 0 unspecified atom stereocenters. The molecule has 0 N–H and O–H groups in total. The molecule has 4 heteroatoms. The van der Waals surface area contributed by atoms with Gasteiger partial charge in [-0.05, 0) is 24.6 Å². The van der Waals surface area contributed by atoms with Crippen LogP contribution in [-0.2, 0) is 0 Å². The lowest BCUT2D eigenvalue weighted by Gasteiger charge is -2.03. The normalized spacial score (nSPS) is 9.57. The molecule has 72 valence electrons. The lowest BCUT2D eigenvalue weighted by atomic mass is 10.0. The molecule has 2 nitrogen and oxygen atoms in total. The molecule has 14 heavy (non-hydrogen) atoms. The Hall–Kier alpha value is -1.40. The topological polar surface area (TPSA) is 40.9 Å². The Kier molecular flexibility index (Phi) is 3.21. The number of carbonyl (C=O) groups is 1. The van der Waals surface area contributed by atoms with E-state index in [2.05, 4.69) is 0 Å². The first-order valence-corrected chi connectivity index (χ1v) is 4.43. The van der Waals surface area contributed by atoms with Crippen molar-refractivity contribution >= 4 is 17.4 Å². The summed E-state index contributed by atoms with van der Waals surface area (Å²) in [5.41, 5.74) is 0.413. The van der Waals surface area contributed by atoms with Gasteiger partial charge in [0.2, 0.25) is 0 Å². The second-order valence-corrected chi connectivity index (χ2v) is 3.11. The first-order chi connectivity index (χ1) is 6.60. The highest BCUT2D eigenvalue weighted by molar-refractivity contribution is 6.30. The molecule has 0 radical (unpaired) electrons. The average molecular weight is 212 g/mol. The minimum atomic E-state index is -0.680. The molecule has 0 atom stereocenters. The van der Waals surface area contributed by atoms with Crippen molar-refractivity contribution < 1.29 is 9.18 Å². The van der Waals surface area contributed by atoms with Crippen molar-refractivity contribution in [1.29, 1.82) is 5.26 Å². The Balaban J connectivity index is 3.41. The van der Waals surface area contributed by atoms with Crippen LogP contribution in [-0.4, -0.2) is 11.7 Å². The van der Waals surface area contributed by atoms with Crippen molar-refractivity contribution in [2.45, 2.75) is 6.92 Å². The number of halogens is 2. The molecular weight excluding hydrogens is 205 g/mol. The van der Waals surface area contributed by atoms with E-state index < -0.39 is 11.6 Å². The molecule has 0 saturated heterocycles. The van der Waals surface area contributed by atoms with E-state index in [4.69, 9.17) is 16.9 Å². The van der Waals surface area contributed by atoms with E-state index in [1.54, 1.807) is 13.0 Å². The van der Waals surface area contributed by atoms with Gasteiger partial charge in [0.1, 0.15) is 11.9 Å². The number of aryl methyl sites for hydroxylation is 1. The van der Waals surface area contributed by atoms with Gasteiger partial charge >= 0.3 is 0 Å². The Bertz CT molecular complexity index is 423. The van der Waals surface area contributed by atoms with E-state index >= 15 is 0 Å². The maximum absolute atomic E-state index is 13.2. The fourth-order valence-electron chi connectivity index (χ4n) is 1.15. The van der Waals surface area contributed by atoms with Gasteiger partial charge in [-0.1, -0.05) is 0 Å². The molecule has 1 rings (SSSR count). The maximum Gasteiger partial charge on any atom is 0.179 e. The predicted molar refractivity (Wildman–Crippen MR) is 50.9 cm³/mol. The number of hydrogen-bond acceptors (Lipinski definition) is 2. The third-order valence-electron chi connectivity index (χ3n) is 1.77. The standard InChI is InChI=1S/C10H7ClFNO/c1-6-2-7(10(14)4-11)8(5-13)9(12)3-6/h2-3H,4H2,1H3. The van der Waals surface area contributed by atoms with Crippen molar-refractivity contribution in [3.05, 3.63) is 34.6 Å². The summed E-state index contributed by atoms with van der Waals surface area (Å²) in [5.74, 6) is -1.37. The zero-order valence-corrected chi connectivity index (χ0v) is 8.23. The molecule has 0 amide bonds. The summed E-state index contributed by atoms with van der Waals surface area (Å²) in [6.45, 7) is 1.65. The molecular formula is C10H7ClFNO. The number of nitriles is 1. The van der Waals surface area contributed by atoms with E-state index in [-0.39, 0.29) is 17.0 Å². The summed E-state index contributed by atoms with van der Waals surface area (Å²) in [7, 11) is 0. The maximum atomic E-state index is 13.2. The molecule has 0 heterocycles. The summed E-state index contributed by atoms with van der Waals surface area (Å²) in [6, 6.07) is 4.33. The number of nitrogens with zero attached hydrogens (tertiary/aromatic N) is 1. The number of alkyl halides is 1. The molecule has 1 aromatic carbocycles. The molecule has 0 aliphatic heterocycles. The van der Waals surface area contributed by atoms with Crippen molar-refractivity contribution in [1.82, 2.24) is 0 Å². The SMILES string of the molecule is Cc1cc(F)c(C#N)c(C(=O)CCl)c1. The largest absolute Gasteiger partial charge is 0.293 e. The van der Waals surface area contributed by atoms with Crippen LogP contribution in [0.5, 0.6) is 0 Å². The van der Waals surface area contributed by atoms with Gasteiger partial charge in [-0.15, -0.1) is 11.6 Å². The van der Waals surface area contributed by atoms with Crippen LogP contribution in [0.15, 0.2) is 12.1 Å². The number of hydrogen-bond donors (Lipinski definition) is 0. The number of carbonyl (C=O) groups excluding carboxylic acids is 1. The first kappa shape index (κ1) is 10.7. The van der Waals surface area contributed by atoms with Crippen LogP contribution in [0.1, 0.15) is 21.5 Å². The molecule has 1 aromatic rings. The van der Waals surface area contributed by atoms with Crippen LogP contribution < -0.4 is 0 Å². The van der Waals surface area contributed by atoms with Gasteiger partial charge in [-0.2, -0.15) is 5.26 Å². The minimum absolute atomic E-state index is 0.0556. The van der Waals surface area contributed by atoms with Gasteiger partial charge in [-0.25, -0.2) is 4.39 Å². The quantitative estimate of drug-likeness (QED) is 0.557. The third-order valence-corrected chi connectivity index (χ3v) is 2.01. The highest BCUT2D eigenvalue weighted by Gasteiger charge is 2.14. The summed E-state index contributed by atoms with van der Waals surface area (Å²) >= 11 is 5.34. The molecule has 0 aromatic heterocycles. The van der Waals surface area contributed by atoms with E-state index in [9.17, 15) is 9.18 Å². The van der Waals surface area contributed by atoms with Crippen LogP contribution in [0, 0.1) is 24.1 Å². The van der Waals surface area contributed by atoms with Gasteiger partial charge in [0.15, 0.2) is 5.78 Å². The Morgan fingerprint density at radius 1 is 1.64 bits per heavy atom. The van der Waals surface area contributed by atoms with Crippen molar-refractivity contribution in [2.24, 2.45) is 0 Å². The van der Waals surface area contributed by atoms with Crippen LogP contribution >= 0.6 is 11.6 Å². The second kappa shape index (κ2) is 4.21. The van der Waals surface area contributed by atoms with Crippen molar-refractivity contribution in [2.75, 3.05) is 5.88 Å². The van der Waals surface area contributed by atoms with Crippen LogP contribution in [0.25, 0.3) is 0 Å². The molecule has 0 bridgehead atoms. The highest BCUT2D eigenvalue weighted by Crippen LogP contribution is 2.16. The lowest BCUT2D eigenvalue weighted by Crippen LogP contribution is -2.05. The fraction of sp³-hybridized carbons (Fsp3) is 0.200. The Morgan fingerprint density at radius 2 is 2.29 bits per heavy atom. The summed E-state index contributed by atoms with van der Waals surface area (Å²) in [6.07, 6.45) is 0. The second-order valence-electron chi connectivity index (χ2n) is 2.84. The van der Waals surface area contributed by atoms with E-state index in [0.29, 0.717) is 5.56 Å². The molecule has 0 aliphatic carbocycles. The number of ketones is 1. The predicted octanol–water partition coefficient (Wildman–Crippen LogP) is 2.43. The van der Waals surface area contributed by atoms with Crippen LogP contribution in [0.4, 0.5) is 4.39 Å². The van der Waals surface area contributed by atoms with Crippen molar-refractivity contribution in [3.8, 4) is 6.07 Å². The third kappa shape index (κ3) is 1.91. The Labute approximate surface area is 85.9 Å². The van der Waals surface area contributed by atoms with Gasteiger partial charge in [0.25, 0.3) is 0 Å². The summed E-state index contributed by atoms with van der Waals surface area (Å²) < 4.78 is 13.2. The number of rotatable bonds is 2. The highest BCUT2D eigenvalue weighted by atomic mass is 35.5. The molecule has 0 spiro atoms. The summed E-state index contributed by atoms with van der Waals surface area (Å²) in [5, 5.41) is 8.65. The van der Waals surface area contributed by atoms with Gasteiger partial charge in [0.05, 0.1) is 11.4 Å². The summed E-state index contributed by atoms with van der Waals surface area (Å²) in [4.78, 5) is 11.2. The van der Waals surface area contributed by atoms with Gasteiger partial charge in [0, 0.05) is 5.56 Å². The van der Waals surface area contributed by atoms with Gasteiger partial charge < -0.3 is 0 Å². The van der Waals surface area contributed by atoms with E-state index in [1.807, 2.05) is 0 Å². The molecule has 0 aliphatic rings. The average Bonchev–Trinajstić information content (AvgIpc) is 2.15. The van der Waals surface area contributed by atoms with E-state index in [1.165, 1.54) is 12.1 Å². The fourth-order valence-corrected chi connectivity index (χ4v) is 1.29. The van der Waals surface area contributed by atoms with Crippen LogP contribution in [0.2, 0.25) is 0 Å². The smallest absolute Gasteiger partial charge is 0.179 e. The Morgan fingerprint density at radius 3 is 2.79 bits per heavy atom. The van der Waals surface area contributed by atoms with E-state index in [0.717, 1.165) is 0 Å². The first-order valence-electron chi connectivity index (χ1n) is 3.89. The monoisotopic (exact) mass is 211 g/mol. The lowest BCUT2D eigenvalue weighted by molar-refractivity contribution is 0.102. The molecule has 0 fully saturated rings. The number of Topliss-reactive ketones (excluding diaryl/α,β-unsaturated/α-hetero) is 1.